The summed E-state index contributed by atoms with van der Waals surface area (Å²) in [6.45, 7) is 6.57. The highest BCUT2D eigenvalue weighted by Gasteiger charge is 2.60. The van der Waals surface area contributed by atoms with Gasteiger partial charge >= 0.3 is 5.97 Å². The SMILES string of the molecule is COC(=O)[C@]12CCC(C(C)C)=C1[C@H]1CCCC(=O)[C@]1(C)CC2. The third-order valence-electron chi connectivity index (χ3n) is 6.68. The minimum atomic E-state index is -0.434. The molecule has 0 aliphatic heterocycles. The predicted octanol–water partition coefficient (Wildman–Crippen LogP) is 4.06. The van der Waals surface area contributed by atoms with Gasteiger partial charge in [-0.05, 0) is 55.9 Å². The fourth-order valence-corrected chi connectivity index (χ4v) is 5.37. The average Bonchev–Trinajstić information content (AvgIpc) is 2.89. The second kappa shape index (κ2) is 5.21. The van der Waals surface area contributed by atoms with Crippen molar-refractivity contribution in [3.8, 4) is 0 Å². The van der Waals surface area contributed by atoms with Crippen molar-refractivity contribution in [3.05, 3.63) is 11.1 Å². The van der Waals surface area contributed by atoms with Gasteiger partial charge in [0.05, 0.1) is 12.5 Å². The molecule has 0 spiro atoms. The quantitative estimate of drug-likeness (QED) is 0.571. The van der Waals surface area contributed by atoms with Crippen molar-refractivity contribution in [2.45, 2.75) is 65.7 Å². The Labute approximate surface area is 133 Å². The molecule has 2 saturated carbocycles. The standard InChI is InChI=1S/C19H28O3/c1-12(2)13-8-9-19(17(21)22-4)11-10-18(3)14(16(13)19)6-5-7-15(18)20/h12,14H,5-11H2,1-4H3/t14-,18-,19+/m1/s1. The van der Waals surface area contributed by atoms with Gasteiger partial charge in [0.2, 0.25) is 0 Å². The van der Waals surface area contributed by atoms with Crippen LogP contribution in [-0.2, 0) is 14.3 Å². The molecule has 3 aliphatic carbocycles. The number of carbonyl (C=O) groups excluding carboxylic acids is 2. The first kappa shape index (κ1) is 15.8. The van der Waals surface area contributed by atoms with Gasteiger partial charge < -0.3 is 4.74 Å². The molecule has 2 fully saturated rings. The van der Waals surface area contributed by atoms with E-state index in [-0.39, 0.29) is 17.3 Å². The molecular formula is C19H28O3. The second-order valence-corrected chi connectivity index (χ2v) is 7.95. The summed E-state index contributed by atoms with van der Waals surface area (Å²) in [7, 11) is 1.50. The summed E-state index contributed by atoms with van der Waals surface area (Å²) in [5.41, 5.74) is 2.04. The number of methoxy groups -OCH3 is 1. The van der Waals surface area contributed by atoms with Gasteiger partial charge in [-0.3, -0.25) is 9.59 Å². The van der Waals surface area contributed by atoms with Gasteiger partial charge in [0, 0.05) is 11.8 Å². The zero-order chi connectivity index (χ0) is 16.1. The van der Waals surface area contributed by atoms with E-state index in [1.165, 1.54) is 18.3 Å². The Morgan fingerprint density at radius 2 is 1.95 bits per heavy atom. The molecule has 0 aromatic carbocycles. The molecule has 3 rings (SSSR count). The van der Waals surface area contributed by atoms with E-state index in [4.69, 9.17) is 4.74 Å². The Kier molecular flexibility index (Phi) is 3.73. The van der Waals surface area contributed by atoms with Gasteiger partial charge in [-0.2, -0.15) is 0 Å². The molecule has 0 saturated heterocycles. The number of hydrogen-bond acceptors (Lipinski definition) is 3. The number of esters is 1. The minimum absolute atomic E-state index is 0.0711. The Balaban J connectivity index is 2.15. The lowest BCUT2D eigenvalue weighted by atomic mass is 9.51. The van der Waals surface area contributed by atoms with Gasteiger partial charge in [0.25, 0.3) is 0 Å². The number of rotatable bonds is 2. The molecular weight excluding hydrogens is 276 g/mol. The van der Waals surface area contributed by atoms with Crippen molar-refractivity contribution in [1.82, 2.24) is 0 Å². The summed E-state index contributed by atoms with van der Waals surface area (Å²) < 4.78 is 5.20. The molecule has 0 heterocycles. The number of ether oxygens (including phenoxy) is 1. The van der Waals surface area contributed by atoms with Crippen LogP contribution in [0.2, 0.25) is 0 Å². The van der Waals surface area contributed by atoms with Crippen LogP contribution in [0.25, 0.3) is 0 Å². The van der Waals surface area contributed by atoms with Gasteiger partial charge in [0.15, 0.2) is 0 Å². The van der Waals surface area contributed by atoms with Crippen molar-refractivity contribution < 1.29 is 14.3 Å². The van der Waals surface area contributed by atoms with Crippen molar-refractivity contribution in [3.63, 3.8) is 0 Å². The Bertz CT molecular complexity index is 545. The van der Waals surface area contributed by atoms with E-state index in [1.54, 1.807) is 0 Å². The molecule has 0 radical (unpaired) electrons. The highest BCUT2D eigenvalue weighted by atomic mass is 16.5. The van der Waals surface area contributed by atoms with E-state index in [2.05, 4.69) is 20.8 Å². The lowest BCUT2D eigenvalue weighted by molar-refractivity contribution is -0.156. The molecule has 122 valence electrons. The zero-order valence-corrected chi connectivity index (χ0v) is 14.3. The average molecular weight is 304 g/mol. The number of carbonyl (C=O) groups is 2. The largest absolute Gasteiger partial charge is 0.468 e. The van der Waals surface area contributed by atoms with Crippen LogP contribution in [0.5, 0.6) is 0 Å². The fourth-order valence-electron chi connectivity index (χ4n) is 5.37. The summed E-state index contributed by atoms with van der Waals surface area (Å²) in [6.07, 6.45) is 6.21. The van der Waals surface area contributed by atoms with Crippen LogP contribution in [0.15, 0.2) is 11.1 Å². The van der Waals surface area contributed by atoms with Gasteiger partial charge in [-0.25, -0.2) is 0 Å². The number of Topliss-reactive ketones (excluding diaryl/α,β-unsaturated/α-hetero) is 1. The van der Waals surface area contributed by atoms with Crippen molar-refractivity contribution in [1.29, 1.82) is 0 Å². The van der Waals surface area contributed by atoms with Crippen LogP contribution < -0.4 is 0 Å². The van der Waals surface area contributed by atoms with Crippen LogP contribution in [0, 0.1) is 22.7 Å². The van der Waals surface area contributed by atoms with Crippen molar-refractivity contribution in [2.24, 2.45) is 22.7 Å². The fraction of sp³-hybridized carbons (Fsp3) is 0.789. The molecule has 3 heteroatoms. The highest BCUT2D eigenvalue weighted by Crippen LogP contribution is 2.63. The molecule has 0 N–H and O–H groups in total. The second-order valence-electron chi connectivity index (χ2n) is 7.95. The van der Waals surface area contributed by atoms with Crippen LogP contribution in [-0.4, -0.2) is 18.9 Å². The Morgan fingerprint density at radius 3 is 2.59 bits per heavy atom. The Hall–Kier alpha value is -1.12. The van der Waals surface area contributed by atoms with E-state index < -0.39 is 5.41 Å². The molecule has 3 nitrogen and oxygen atoms in total. The first-order valence-electron chi connectivity index (χ1n) is 8.72. The van der Waals surface area contributed by atoms with E-state index in [1.807, 2.05) is 0 Å². The maximum absolute atomic E-state index is 12.7. The maximum atomic E-state index is 12.7. The van der Waals surface area contributed by atoms with Crippen LogP contribution in [0.3, 0.4) is 0 Å². The van der Waals surface area contributed by atoms with E-state index in [9.17, 15) is 9.59 Å². The minimum Gasteiger partial charge on any atom is -0.468 e. The molecule has 3 aliphatic rings. The third-order valence-corrected chi connectivity index (χ3v) is 6.68. The molecule has 0 bridgehead atoms. The van der Waals surface area contributed by atoms with Gasteiger partial charge in [-0.15, -0.1) is 0 Å². The van der Waals surface area contributed by atoms with Crippen LogP contribution in [0.4, 0.5) is 0 Å². The van der Waals surface area contributed by atoms with Crippen molar-refractivity contribution in [2.75, 3.05) is 7.11 Å². The summed E-state index contributed by atoms with van der Waals surface area (Å²) in [6, 6.07) is 0. The topological polar surface area (TPSA) is 43.4 Å². The molecule has 0 aromatic heterocycles. The summed E-state index contributed by atoms with van der Waals surface area (Å²) in [5, 5.41) is 0. The zero-order valence-electron chi connectivity index (χ0n) is 14.3. The number of fused-ring (bicyclic) bond motifs is 3. The third kappa shape index (κ3) is 1.93. The molecule has 0 unspecified atom stereocenters. The molecule has 3 atom stereocenters. The highest BCUT2D eigenvalue weighted by molar-refractivity contribution is 5.89. The predicted molar refractivity (Wildman–Crippen MR) is 85.2 cm³/mol. The monoisotopic (exact) mass is 304 g/mol. The van der Waals surface area contributed by atoms with Crippen molar-refractivity contribution >= 4 is 11.8 Å². The van der Waals surface area contributed by atoms with Gasteiger partial charge in [-0.1, -0.05) is 26.3 Å². The van der Waals surface area contributed by atoms with E-state index >= 15 is 0 Å². The van der Waals surface area contributed by atoms with E-state index in [0.717, 1.165) is 38.5 Å². The summed E-state index contributed by atoms with van der Waals surface area (Å²) >= 11 is 0. The van der Waals surface area contributed by atoms with E-state index in [0.29, 0.717) is 18.1 Å². The maximum Gasteiger partial charge on any atom is 0.315 e. The number of allylic oxidation sites excluding steroid dienone is 1. The first-order valence-corrected chi connectivity index (χ1v) is 8.72. The molecule has 0 amide bonds. The van der Waals surface area contributed by atoms with Crippen LogP contribution in [0.1, 0.15) is 65.7 Å². The molecule has 22 heavy (non-hydrogen) atoms. The Morgan fingerprint density at radius 1 is 1.23 bits per heavy atom. The first-order chi connectivity index (χ1) is 10.4. The van der Waals surface area contributed by atoms with Gasteiger partial charge in [0.1, 0.15) is 5.78 Å². The lowest BCUT2D eigenvalue weighted by Gasteiger charge is -2.51. The molecule has 0 aromatic rings. The van der Waals surface area contributed by atoms with Crippen LogP contribution >= 0.6 is 0 Å². The lowest BCUT2D eigenvalue weighted by Crippen LogP contribution is -2.50. The smallest absolute Gasteiger partial charge is 0.315 e. The number of hydrogen-bond donors (Lipinski definition) is 0. The summed E-state index contributed by atoms with van der Waals surface area (Å²) in [5.74, 6) is 1.03. The number of ketones is 1. The normalized spacial score (nSPS) is 38.0. The summed E-state index contributed by atoms with van der Waals surface area (Å²) in [4.78, 5) is 25.3.